The molecular weight excluding hydrogens is 236 g/mol. The van der Waals surface area contributed by atoms with Gasteiger partial charge in [0.15, 0.2) is 0 Å². The first-order valence-corrected chi connectivity index (χ1v) is 6.86. The third-order valence-electron chi connectivity index (χ3n) is 1.23. The summed E-state index contributed by atoms with van der Waals surface area (Å²) in [5.74, 6) is 1.14. The molecule has 0 aromatic heterocycles. The summed E-state index contributed by atoms with van der Waals surface area (Å²) in [4.78, 5) is 20.8. The van der Waals surface area contributed by atoms with E-state index in [2.05, 4.69) is 0 Å². The van der Waals surface area contributed by atoms with E-state index in [0.29, 0.717) is 13.2 Å². The van der Waals surface area contributed by atoms with Crippen molar-refractivity contribution >= 4 is 35.5 Å². The van der Waals surface area contributed by atoms with Crippen LogP contribution < -0.4 is 0 Å². The molecule has 4 nitrogen and oxygen atoms in total. The maximum atomic E-state index is 10.4. The van der Waals surface area contributed by atoms with Gasteiger partial charge >= 0.3 is 11.9 Å². The highest BCUT2D eigenvalue weighted by Gasteiger charge is 1.95. The van der Waals surface area contributed by atoms with Crippen molar-refractivity contribution in [1.29, 1.82) is 0 Å². The molecule has 0 N–H and O–H groups in total. The normalized spacial score (nSPS) is 9.73. The molecule has 0 aliphatic heterocycles. The zero-order chi connectivity index (χ0) is 11.5. The highest BCUT2D eigenvalue weighted by molar-refractivity contribution is 8.15. The molecule has 0 saturated heterocycles. The fourth-order valence-electron chi connectivity index (χ4n) is 0.665. The number of thioether (sulfide) groups is 2. The molecular formula is C9H16O4S2. The monoisotopic (exact) mass is 252 g/mol. The van der Waals surface area contributed by atoms with Gasteiger partial charge in [-0.3, -0.25) is 9.59 Å². The predicted octanol–water partition coefficient (Wildman–Crippen LogP) is 1.54. The minimum atomic E-state index is -0.238. The van der Waals surface area contributed by atoms with Crippen LogP contribution >= 0.6 is 23.5 Å². The molecule has 6 heteroatoms. The van der Waals surface area contributed by atoms with E-state index in [1.807, 2.05) is 0 Å². The van der Waals surface area contributed by atoms with Crippen molar-refractivity contribution < 1.29 is 19.1 Å². The van der Waals surface area contributed by atoms with Gasteiger partial charge in [-0.1, -0.05) is 0 Å². The fraction of sp³-hybridized carbons (Fsp3) is 0.778. The van der Waals surface area contributed by atoms with E-state index >= 15 is 0 Å². The minimum absolute atomic E-state index is 0.238. The van der Waals surface area contributed by atoms with E-state index in [4.69, 9.17) is 9.47 Å². The predicted molar refractivity (Wildman–Crippen MR) is 63.0 cm³/mol. The van der Waals surface area contributed by atoms with Crippen molar-refractivity contribution in [2.45, 2.75) is 13.8 Å². The smallest absolute Gasteiger partial charge is 0.302 e. The minimum Gasteiger partial charge on any atom is -0.465 e. The molecule has 88 valence electrons. The molecule has 0 unspecified atom stereocenters. The summed E-state index contributed by atoms with van der Waals surface area (Å²) in [5.41, 5.74) is 0. The molecule has 15 heavy (non-hydrogen) atoms. The third kappa shape index (κ3) is 13.6. The Hall–Kier alpha value is -0.360. The van der Waals surface area contributed by atoms with Crippen molar-refractivity contribution in [1.82, 2.24) is 0 Å². The Labute approximate surface area is 98.5 Å². The summed E-state index contributed by atoms with van der Waals surface area (Å²) in [5, 5.41) is 0.919. The Morgan fingerprint density at radius 2 is 1.33 bits per heavy atom. The standard InChI is InChI=1S/C9H16O4S2/c1-8(10)12-3-5-14-7-15-6-4-13-9(2)11/h3-7H2,1-2H3. The van der Waals surface area contributed by atoms with Gasteiger partial charge in [0.25, 0.3) is 0 Å². The first-order chi connectivity index (χ1) is 7.13. The van der Waals surface area contributed by atoms with Crippen LogP contribution in [0.2, 0.25) is 0 Å². The van der Waals surface area contributed by atoms with E-state index in [1.165, 1.54) is 13.8 Å². The number of hydrogen-bond donors (Lipinski definition) is 0. The quantitative estimate of drug-likeness (QED) is 0.371. The summed E-state index contributed by atoms with van der Waals surface area (Å²) < 4.78 is 9.53. The fourth-order valence-corrected chi connectivity index (χ4v) is 2.48. The first kappa shape index (κ1) is 14.6. The Kier molecular flexibility index (Phi) is 9.92. The van der Waals surface area contributed by atoms with Crippen LogP contribution in [0, 0.1) is 0 Å². The van der Waals surface area contributed by atoms with Gasteiger partial charge in [-0.15, -0.1) is 23.5 Å². The van der Waals surface area contributed by atoms with Crippen LogP contribution in [0.25, 0.3) is 0 Å². The molecule has 0 amide bonds. The summed E-state index contributed by atoms with van der Waals surface area (Å²) in [7, 11) is 0. The lowest BCUT2D eigenvalue weighted by Crippen LogP contribution is -2.03. The second-order valence-corrected chi connectivity index (χ2v) is 5.19. The first-order valence-electron chi connectivity index (χ1n) is 4.55. The lowest BCUT2D eigenvalue weighted by atomic mass is 10.8. The number of rotatable bonds is 8. The van der Waals surface area contributed by atoms with Crippen LogP contribution in [0.4, 0.5) is 0 Å². The number of carbonyl (C=O) groups excluding carboxylic acids is 2. The maximum absolute atomic E-state index is 10.4. The third-order valence-corrected chi connectivity index (χ3v) is 3.48. The van der Waals surface area contributed by atoms with Crippen LogP contribution in [-0.4, -0.2) is 41.7 Å². The second-order valence-electron chi connectivity index (χ2n) is 2.61. The van der Waals surface area contributed by atoms with Gasteiger partial charge in [0.1, 0.15) is 13.2 Å². The van der Waals surface area contributed by atoms with Crippen LogP contribution in [-0.2, 0) is 19.1 Å². The van der Waals surface area contributed by atoms with E-state index in [1.54, 1.807) is 23.5 Å². The lowest BCUT2D eigenvalue weighted by molar-refractivity contribution is -0.141. The van der Waals surface area contributed by atoms with E-state index < -0.39 is 0 Å². The van der Waals surface area contributed by atoms with Crippen LogP contribution in [0.15, 0.2) is 0 Å². The van der Waals surface area contributed by atoms with Gasteiger partial charge in [0, 0.05) is 30.4 Å². The van der Waals surface area contributed by atoms with Crippen LogP contribution in [0.1, 0.15) is 13.8 Å². The van der Waals surface area contributed by atoms with Crippen LogP contribution in [0.5, 0.6) is 0 Å². The van der Waals surface area contributed by atoms with Crippen molar-refractivity contribution in [3.63, 3.8) is 0 Å². The average Bonchev–Trinajstić information content (AvgIpc) is 2.14. The highest BCUT2D eigenvalue weighted by atomic mass is 32.2. The van der Waals surface area contributed by atoms with E-state index in [0.717, 1.165) is 16.6 Å². The zero-order valence-corrected chi connectivity index (χ0v) is 10.6. The van der Waals surface area contributed by atoms with Gasteiger partial charge in [-0.2, -0.15) is 0 Å². The zero-order valence-electron chi connectivity index (χ0n) is 8.99. The van der Waals surface area contributed by atoms with Gasteiger partial charge in [0.05, 0.1) is 0 Å². The number of carbonyl (C=O) groups is 2. The van der Waals surface area contributed by atoms with E-state index in [-0.39, 0.29) is 11.9 Å². The molecule has 0 radical (unpaired) electrons. The molecule has 0 aromatic carbocycles. The number of esters is 2. The Bertz CT molecular complexity index is 177. The number of ether oxygens (including phenoxy) is 2. The Morgan fingerprint density at radius 1 is 0.933 bits per heavy atom. The molecule has 0 aromatic rings. The molecule has 0 fully saturated rings. The van der Waals surface area contributed by atoms with Gasteiger partial charge < -0.3 is 9.47 Å². The Morgan fingerprint density at radius 3 is 1.67 bits per heavy atom. The molecule has 0 heterocycles. The van der Waals surface area contributed by atoms with Gasteiger partial charge in [-0.25, -0.2) is 0 Å². The van der Waals surface area contributed by atoms with Crippen LogP contribution in [0.3, 0.4) is 0 Å². The van der Waals surface area contributed by atoms with Gasteiger partial charge in [0.2, 0.25) is 0 Å². The van der Waals surface area contributed by atoms with Crippen molar-refractivity contribution in [3.8, 4) is 0 Å². The summed E-state index contributed by atoms with van der Waals surface area (Å²) in [6.07, 6.45) is 0. The molecule has 0 aliphatic rings. The van der Waals surface area contributed by atoms with Crippen molar-refractivity contribution in [2.24, 2.45) is 0 Å². The van der Waals surface area contributed by atoms with Crippen molar-refractivity contribution in [2.75, 3.05) is 29.8 Å². The number of hydrogen-bond acceptors (Lipinski definition) is 6. The largest absolute Gasteiger partial charge is 0.465 e. The SMILES string of the molecule is CC(=O)OCCSCSCCOC(C)=O. The average molecular weight is 252 g/mol. The highest BCUT2D eigenvalue weighted by Crippen LogP contribution is 2.11. The molecule has 0 spiro atoms. The summed E-state index contributed by atoms with van der Waals surface area (Å²) in [6.45, 7) is 3.73. The Balaban J connectivity index is 2.99. The van der Waals surface area contributed by atoms with Gasteiger partial charge in [-0.05, 0) is 0 Å². The summed E-state index contributed by atoms with van der Waals surface area (Å²) in [6, 6.07) is 0. The summed E-state index contributed by atoms with van der Waals surface area (Å²) >= 11 is 3.40. The molecule has 0 bridgehead atoms. The molecule has 0 atom stereocenters. The molecule has 0 aliphatic carbocycles. The van der Waals surface area contributed by atoms with Crippen molar-refractivity contribution in [3.05, 3.63) is 0 Å². The maximum Gasteiger partial charge on any atom is 0.302 e. The van der Waals surface area contributed by atoms with E-state index in [9.17, 15) is 9.59 Å². The molecule has 0 saturated carbocycles. The second kappa shape index (κ2) is 10.2. The molecule has 0 rings (SSSR count). The lowest BCUT2D eigenvalue weighted by Gasteiger charge is -2.03. The topological polar surface area (TPSA) is 52.6 Å².